The summed E-state index contributed by atoms with van der Waals surface area (Å²) in [5.41, 5.74) is -0.531. The predicted molar refractivity (Wildman–Crippen MR) is 65.4 cm³/mol. The SMILES string of the molecule is CC(C)(F)c1c(F)cccc1C1CCNCC1. The zero-order valence-electron chi connectivity index (χ0n) is 10.4. The Hall–Kier alpha value is -0.960. The van der Waals surface area contributed by atoms with Crippen molar-refractivity contribution in [2.45, 2.75) is 38.3 Å². The Bertz CT molecular complexity index is 390. The van der Waals surface area contributed by atoms with Crippen LogP contribution in [-0.4, -0.2) is 13.1 Å². The van der Waals surface area contributed by atoms with Gasteiger partial charge in [0.05, 0.1) is 0 Å². The van der Waals surface area contributed by atoms with E-state index < -0.39 is 11.5 Å². The van der Waals surface area contributed by atoms with Gasteiger partial charge in [-0.25, -0.2) is 8.78 Å². The van der Waals surface area contributed by atoms with Gasteiger partial charge < -0.3 is 5.32 Å². The number of hydrogen-bond acceptors (Lipinski definition) is 1. The van der Waals surface area contributed by atoms with Crippen molar-refractivity contribution >= 4 is 0 Å². The highest BCUT2D eigenvalue weighted by molar-refractivity contribution is 5.36. The molecule has 0 unspecified atom stereocenters. The van der Waals surface area contributed by atoms with Gasteiger partial charge in [0.25, 0.3) is 0 Å². The first-order valence-electron chi connectivity index (χ1n) is 6.18. The minimum Gasteiger partial charge on any atom is -0.317 e. The zero-order chi connectivity index (χ0) is 12.5. The van der Waals surface area contributed by atoms with Gasteiger partial charge in [0.2, 0.25) is 0 Å². The lowest BCUT2D eigenvalue weighted by atomic mass is 9.82. The third kappa shape index (κ3) is 2.65. The van der Waals surface area contributed by atoms with Crippen LogP contribution in [-0.2, 0) is 5.67 Å². The van der Waals surface area contributed by atoms with Gasteiger partial charge in [-0.1, -0.05) is 12.1 Å². The first-order valence-corrected chi connectivity index (χ1v) is 6.18. The van der Waals surface area contributed by atoms with E-state index in [1.54, 1.807) is 6.07 Å². The molecule has 0 spiro atoms. The Kier molecular flexibility index (Phi) is 3.48. The molecule has 0 aliphatic carbocycles. The Morgan fingerprint density at radius 1 is 1.24 bits per heavy atom. The van der Waals surface area contributed by atoms with Crippen LogP contribution in [0.15, 0.2) is 18.2 Å². The van der Waals surface area contributed by atoms with Crippen molar-refractivity contribution in [3.63, 3.8) is 0 Å². The van der Waals surface area contributed by atoms with Crippen molar-refractivity contribution in [2.24, 2.45) is 0 Å². The molecule has 1 aliphatic heterocycles. The number of halogens is 2. The summed E-state index contributed by atoms with van der Waals surface area (Å²) in [5.74, 6) is -0.148. The second-order valence-electron chi connectivity index (χ2n) is 5.20. The first kappa shape index (κ1) is 12.5. The molecule has 17 heavy (non-hydrogen) atoms. The largest absolute Gasteiger partial charge is 0.317 e. The zero-order valence-corrected chi connectivity index (χ0v) is 10.4. The standard InChI is InChI=1S/C14H19F2N/c1-14(2,16)13-11(4-3-5-12(13)15)10-6-8-17-9-7-10/h3-5,10,17H,6-9H2,1-2H3. The maximum Gasteiger partial charge on any atom is 0.133 e. The Balaban J connectivity index is 2.42. The van der Waals surface area contributed by atoms with E-state index in [4.69, 9.17) is 0 Å². The average Bonchev–Trinajstić information content (AvgIpc) is 2.28. The number of benzene rings is 1. The molecular formula is C14H19F2N. The van der Waals surface area contributed by atoms with Crippen molar-refractivity contribution in [1.82, 2.24) is 5.32 Å². The minimum atomic E-state index is -1.62. The Morgan fingerprint density at radius 2 is 1.88 bits per heavy atom. The molecule has 1 aromatic rings. The monoisotopic (exact) mass is 239 g/mol. The van der Waals surface area contributed by atoms with Gasteiger partial charge in [-0.3, -0.25) is 0 Å². The highest BCUT2D eigenvalue weighted by atomic mass is 19.1. The lowest BCUT2D eigenvalue weighted by Gasteiger charge is -2.28. The fourth-order valence-corrected chi connectivity index (χ4v) is 2.64. The fourth-order valence-electron chi connectivity index (χ4n) is 2.64. The number of piperidine rings is 1. The van der Waals surface area contributed by atoms with Gasteiger partial charge in [-0.15, -0.1) is 0 Å². The van der Waals surface area contributed by atoms with E-state index >= 15 is 0 Å². The van der Waals surface area contributed by atoms with Crippen molar-refractivity contribution in [3.8, 4) is 0 Å². The molecule has 94 valence electrons. The topological polar surface area (TPSA) is 12.0 Å². The van der Waals surface area contributed by atoms with Gasteiger partial charge in [0.1, 0.15) is 11.5 Å². The molecule has 1 aliphatic rings. The summed E-state index contributed by atoms with van der Waals surface area (Å²) in [6.45, 7) is 4.70. The lowest BCUT2D eigenvalue weighted by molar-refractivity contribution is 0.210. The summed E-state index contributed by atoms with van der Waals surface area (Å²) in [4.78, 5) is 0. The van der Waals surface area contributed by atoms with E-state index in [0.29, 0.717) is 0 Å². The maximum atomic E-state index is 14.1. The normalized spacial score (nSPS) is 18.4. The third-order valence-corrected chi connectivity index (χ3v) is 3.42. The van der Waals surface area contributed by atoms with Crippen LogP contribution >= 0.6 is 0 Å². The molecule has 0 radical (unpaired) electrons. The van der Waals surface area contributed by atoms with Crippen LogP contribution in [0.2, 0.25) is 0 Å². The van der Waals surface area contributed by atoms with Gasteiger partial charge in [-0.05, 0) is 57.3 Å². The summed E-state index contributed by atoms with van der Waals surface area (Å²) in [5, 5.41) is 3.27. The van der Waals surface area contributed by atoms with Crippen LogP contribution in [0.4, 0.5) is 8.78 Å². The summed E-state index contributed by atoms with van der Waals surface area (Å²) < 4.78 is 28.0. The van der Waals surface area contributed by atoms with Crippen molar-refractivity contribution in [1.29, 1.82) is 0 Å². The highest BCUT2D eigenvalue weighted by Crippen LogP contribution is 2.37. The Morgan fingerprint density at radius 3 is 2.47 bits per heavy atom. The maximum absolute atomic E-state index is 14.1. The molecule has 0 bridgehead atoms. The quantitative estimate of drug-likeness (QED) is 0.833. The third-order valence-electron chi connectivity index (χ3n) is 3.42. The molecule has 1 N–H and O–H groups in total. The summed E-state index contributed by atoms with van der Waals surface area (Å²) >= 11 is 0. The lowest BCUT2D eigenvalue weighted by Crippen LogP contribution is -2.28. The minimum absolute atomic E-state index is 0.243. The van der Waals surface area contributed by atoms with Crippen molar-refractivity contribution < 1.29 is 8.78 Å². The summed E-state index contributed by atoms with van der Waals surface area (Å²) in [6, 6.07) is 4.90. The van der Waals surface area contributed by atoms with Gasteiger partial charge in [0.15, 0.2) is 0 Å². The number of rotatable bonds is 2. The van der Waals surface area contributed by atoms with Gasteiger partial charge in [-0.2, -0.15) is 0 Å². The second kappa shape index (κ2) is 4.73. The van der Waals surface area contributed by atoms with Crippen molar-refractivity contribution in [2.75, 3.05) is 13.1 Å². The molecule has 1 nitrogen and oxygen atoms in total. The van der Waals surface area contributed by atoms with E-state index in [1.165, 1.54) is 19.9 Å². The molecule has 0 amide bonds. The molecule has 1 heterocycles. The molecule has 0 aromatic heterocycles. The number of nitrogens with one attached hydrogen (secondary N) is 1. The van der Waals surface area contributed by atoms with Crippen LogP contribution in [0.5, 0.6) is 0 Å². The predicted octanol–water partition coefficient (Wildman–Crippen LogP) is 3.50. The number of alkyl halides is 1. The van der Waals surface area contributed by atoms with Crippen molar-refractivity contribution in [3.05, 3.63) is 35.1 Å². The molecule has 3 heteroatoms. The van der Waals surface area contributed by atoms with E-state index in [1.807, 2.05) is 6.07 Å². The van der Waals surface area contributed by atoms with E-state index in [0.717, 1.165) is 31.5 Å². The van der Waals surface area contributed by atoms with Crippen LogP contribution in [0.3, 0.4) is 0 Å². The molecule has 0 saturated carbocycles. The van der Waals surface area contributed by atoms with E-state index in [-0.39, 0.29) is 11.5 Å². The molecule has 1 fully saturated rings. The first-order chi connectivity index (χ1) is 8.00. The summed E-state index contributed by atoms with van der Waals surface area (Å²) in [7, 11) is 0. The van der Waals surface area contributed by atoms with Crippen LogP contribution in [0.25, 0.3) is 0 Å². The Labute approximate surface area is 101 Å². The van der Waals surface area contributed by atoms with Crippen LogP contribution < -0.4 is 5.32 Å². The van der Waals surface area contributed by atoms with Crippen LogP contribution in [0, 0.1) is 5.82 Å². The molecular weight excluding hydrogens is 220 g/mol. The van der Waals surface area contributed by atoms with E-state index in [2.05, 4.69) is 5.32 Å². The van der Waals surface area contributed by atoms with Gasteiger partial charge >= 0.3 is 0 Å². The fraction of sp³-hybridized carbons (Fsp3) is 0.571. The average molecular weight is 239 g/mol. The highest BCUT2D eigenvalue weighted by Gasteiger charge is 2.29. The molecule has 2 rings (SSSR count). The van der Waals surface area contributed by atoms with E-state index in [9.17, 15) is 8.78 Å². The molecule has 0 atom stereocenters. The number of hydrogen-bond donors (Lipinski definition) is 1. The molecule has 1 saturated heterocycles. The van der Waals surface area contributed by atoms with Crippen LogP contribution in [0.1, 0.15) is 43.7 Å². The second-order valence-corrected chi connectivity index (χ2v) is 5.20. The van der Waals surface area contributed by atoms with Gasteiger partial charge in [0, 0.05) is 5.56 Å². The molecule has 1 aromatic carbocycles. The smallest absolute Gasteiger partial charge is 0.133 e. The summed E-state index contributed by atoms with van der Waals surface area (Å²) in [6.07, 6.45) is 1.90.